The molecule has 2 aliphatic rings. The summed E-state index contributed by atoms with van der Waals surface area (Å²) in [5.41, 5.74) is 0. The number of guanidine groups is 1. The summed E-state index contributed by atoms with van der Waals surface area (Å²) in [6.07, 6.45) is 2.41. The molecule has 2 rings (SSSR count). The van der Waals surface area contributed by atoms with Crippen molar-refractivity contribution in [2.45, 2.75) is 18.1 Å². The van der Waals surface area contributed by atoms with Gasteiger partial charge in [0.15, 0.2) is 0 Å². The Hall–Kier alpha value is -1.04. The SMILES string of the molecule is O=C1NC(=NCC2CCCS2)NC1=O. The van der Waals surface area contributed by atoms with Crippen molar-refractivity contribution in [3.8, 4) is 0 Å². The van der Waals surface area contributed by atoms with Crippen LogP contribution in [0.2, 0.25) is 0 Å². The van der Waals surface area contributed by atoms with E-state index in [0.29, 0.717) is 17.8 Å². The molecule has 1 atom stereocenters. The fraction of sp³-hybridized carbons (Fsp3) is 0.625. The van der Waals surface area contributed by atoms with Crippen LogP contribution in [0.15, 0.2) is 4.99 Å². The van der Waals surface area contributed by atoms with Gasteiger partial charge in [0, 0.05) is 5.25 Å². The van der Waals surface area contributed by atoms with E-state index >= 15 is 0 Å². The van der Waals surface area contributed by atoms with Gasteiger partial charge in [0.2, 0.25) is 5.96 Å². The summed E-state index contributed by atoms with van der Waals surface area (Å²) < 4.78 is 0. The minimum Gasteiger partial charge on any atom is -0.288 e. The van der Waals surface area contributed by atoms with Gasteiger partial charge in [-0.05, 0) is 18.6 Å². The van der Waals surface area contributed by atoms with Crippen LogP contribution in [0.25, 0.3) is 0 Å². The van der Waals surface area contributed by atoms with E-state index in [2.05, 4.69) is 15.6 Å². The van der Waals surface area contributed by atoms with Crippen LogP contribution in [-0.4, -0.2) is 35.3 Å². The number of carbonyl (C=O) groups is 2. The van der Waals surface area contributed by atoms with Crippen LogP contribution >= 0.6 is 11.8 Å². The van der Waals surface area contributed by atoms with Crippen molar-refractivity contribution in [3.63, 3.8) is 0 Å². The summed E-state index contributed by atoms with van der Waals surface area (Å²) >= 11 is 1.89. The van der Waals surface area contributed by atoms with Gasteiger partial charge >= 0.3 is 11.8 Å². The highest BCUT2D eigenvalue weighted by atomic mass is 32.2. The van der Waals surface area contributed by atoms with Crippen molar-refractivity contribution in [1.82, 2.24) is 10.6 Å². The van der Waals surface area contributed by atoms with Crippen molar-refractivity contribution in [2.75, 3.05) is 12.3 Å². The molecule has 0 saturated carbocycles. The fourth-order valence-corrected chi connectivity index (χ4v) is 2.60. The van der Waals surface area contributed by atoms with Crippen LogP contribution in [0.5, 0.6) is 0 Å². The normalized spacial score (nSPS) is 26.3. The molecule has 14 heavy (non-hydrogen) atoms. The van der Waals surface area contributed by atoms with Crippen LogP contribution in [0, 0.1) is 0 Å². The molecule has 0 aromatic carbocycles. The molecule has 0 radical (unpaired) electrons. The highest BCUT2D eigenvalue weighted by Gasteiger charge is 2.25. The summed E-state index contributed by atoms with van der Waals surface area (Å²) in [5.74, 6) is 0.243. The fourth-order valence-electron chi connectivity index (χ4n) is 1.42. The molecule has 2 heterocycles. The average molecular weight is 213 g/mol. The maximum atomic E-state index is 10.8. The molecule has 1 unspecified atom stereocenters. The van der Waals surface area contributed by atoms with E-state index in [1.165, 1.54) is 18.6 Å². The van der Waals surface area contributed by atoms with E-state index in [0.717, 1.165) is 0 Å². The van der Waals surface area contributed by atoms with Crippen LogP contribution in [0.1, 0.15) is 12.8 Å². The Morgan fingerprint density at radius 3 is 2.64 bits per heavy atom. The van der Waals surface area contributed by atoms with E-state index in [4.69, 9.17) is 0 Å². The lowest BCUT2D eigenvalue weighted by Crippen LogP contribution is -2.26. The predicted octanol–water partition coefficient (Wildman–Crippen LogP) is -0.516. The predicted molar refractivity (Wildman–Crippen MR) is 54.1 cm³/mol. The summed E-state index contributed by atoms with van der Waals surface area (Å²) in [5, 5.41) is 5.28. The molecule has 2 saturated heterocycles. The molecule has 0 bridgehead atoms. The molecule has 2 amide bonds. The van der Waals surface area contributed by atoms with Crippen LogP contribution in [0.4, 0.5) is 0 Å². The zero-order chi connectivity index (χ0) is 9.97. The van der Waals surface area contributed by atoms with Gasteiger partial charge in [-0.2, -0.15) is 11.8 Å². The Labute approximate surface area is 85.7 Å². The van der Waals surface area contributed by atoms with Gasteiger partial charge in [-0.25, -0.2) is 0 Å². The maximum absolute atomic E-state index is 10.8. The molecule has 0 spiro atoms. The standard InChI is InChI=1S/C8H11N3O2S/c12-6-7(13)11-8(10-6)9-4-5-2-1-3-14-5/h5H,1-4H2,(H2,9,10,11,12,13). The first-order valence-electron chi connectivity index (χ1n) is 4.54. The van der Waals surface area contributed by atoms with E-state index in [1.54, 1.807) is 0 Å². The Morgan fingerprint density at radius 1 is 1.36 bits per heavy atom. The third-order valence-electron chi connectivity index (χ3n) is 2.15. The Morgan fingerprint density at radius 2 is 2.07 bits per heavy atom. The Kier molecular flexibility index (Phi) is 2.72. The highest BCUT2D eigenvalue weighted by molar-refractivity contribution is 8.00. The molecule has 0 aromatic rings. The number of hydrogen-bond donors (Lipinski definition) is 2. The lowest BCUT2D eigenvalue weighted by Gasteiger charge is -2.03. The lowest BCUT2D eigenvalue weighted by atomic mass is 10.2. The molecule has 5 nitrogen and oxygen atoms in total. The van der Waals surface area contributed by atoms with Crippen molar-refractivity contribution in [3.05, 3.63) is 0 Å². The third-order valence-corrected chi connectivity index (χ3v) is 3.53. The minimum absolute atomic E-state index is 0.299. The van der Waals surface area contributed by atoms with Gasteiger partial charge in [0.1, 0.15) is 0 Å². The summed E-state index contributed by atoms with van der Waals surface area (Å²) in [7, 11) is 0. The van der Waals surface area contributed by atoms with Gasteiger partial charge in [0.05, 0.1) is 6.54 Å². The zero-order valence-corrected chi connectivity index (χ0v) is 8.39. The van der Waals surface area contributed by atoms with Crippen LogP contribution < -0.4 is 10.6 Å². The van der Waals surface area contributed by atoms with Crippen LogP contribution in [0.3, 0.4) is 0 Å². The minimum atomic E-state index is -0.622. The van der Waals surface area contributed by atoms with Crippen LogP contribution in [-0.2, 0) is 9.59 Å². The molecule has 0 aromatic heterocycles. The molecular formula is C8H11N3O2S. The molecule has 2 aliphatic heterocycles. The Balaban J connectivity index is 1.86. The number of nitrogens with zero attached hydrogens (tertiary/aromatic N) is 1. The number of aliphatic imine (C=N–C) groups is 1. The Bertz CT molecular complexity index is 279. The topological polar surface area (TPSA) is 70.6 Å². The van der Waals surface area contributed by atoms with Crippen molar-refractivity contribution < 1.29 is 9.59 Å². The molecular weight excluding hydrogens is 202 g/mol. The zero-order valence-electron chi connectivity index (χ0n) is 7.58. The smallest absolute Gasteiger partial charge is 0.288 e. The molecule has 6 heteroatoms. The van der Waals surface area contributed by atoms with Crippen molar-refractivity contribution in [2.24, 2.45) is 4.99 Å². The van der Waals surface area contributed by atoms with E-state index < -0.39 is 11.8 Å². The first kappa shape index (κ1) is 9.51. The molecule has 2 fully saturated rings. The van der Waals surface area contributed by atoms with Gasteiger partial charge < -0.3 is 0 Å². The molecule has 0 aliphatic carbocycles. The van der Waals surface area contributed by atoms with E-state index in [9.17, 15) is 9.59 Å². The number of nitrogens with one attached hydrogen (secondary N) is 2. The number of amides is 2. The maximum Gasteiger partial charge on any atom is 0.316 e. The third kappa shape index (κ3) is 2.06. The number of carbonyl (C=O) groups excluding carboxylic acids is 2. The largest absolute Gasteiger partial charge is 0.316 e. The second kappa shape index (κ2) is 4.00. The monoisotopic (exact) mass is 213 g/mol. The van der Waals surface area contributed by atoms with Gasteiger partial charge in [0.25, 0.3) is 0 Å². The average Bonchev–Trinajstić information content (AvgIpc) is 2.74. The summed E-state index contributed by atoms with van der Waals surface area (Å²) in [6.45, 7) is 0.667. The number of thioether (sulfide) groups is 1. The summed E-state index contributed by atoms with van der Waals surface area (Å²) in [4.78, 5) is 25.7. The lowest BCUT2D eigenvalue weighted by molar-refractivity contribution is -0.135. The molecule has 76 valence electrons. The van der Waals surface area contributed by atoms with E-state index in [1.807, 2.05) is 11.8 Å². The first-order chi connectivity index (χ1) is 6.75. The van der Waals surface area contributed by atoms with Crippen molar-refractivity contribution >= 4 is 29.5 Å². The van der Waals surface area contributed by atoms with E-state index in [-0.39, 0.29) is 0 Å². The molecule has 2 N–H and O–H groups in total. The number of hydrogen-bond acceptors (Lipinski definition) is 4. The first-order valence-corrected chi connectivity index (χ1v) is 5.59. The summed E-state index contributed by atoms with van der Waals surface area (Å²) in [6, 6.07) is 0. The highest BCUT2D eigenvalue weighted by Crippen LogP contribution is 2.25. The van der Waals surface area contributed by atoms with Gasteiger partial charge in [-0.1, -0.05) is 0 Å². The number of rotatable bonds is 2. The quantitative estimate of drug-likeness (QED) is 0.607. The second-order valence-corrected chi connectivity index (χ2v) is 4.64. The van der Waals surface area contributed by atoms with Crippen molar-refractivity contribution in [1.29, 1.82) is 0 Å². The van der Waals surface area contributed by atoms with Gasteiger partial charge in [-0.3, -0.25) is 25.2 Å². The second-order valence-electron chi connectivity index (χ2n) is 3.23. The van der Waals surface area contributed by atoms with Gasteiger partial charge in [-0.15, -0.1) is 0 Å².